The van der Waals surface area contributed by atoms with E-state index in [1.54, 1.807) is 24.3 Å². The van der Waals surface area contributed by atoms with Crippen LogP contribution in [0.15, 0.2) is 60.2 Å². The molecule has 4 rings (SSSR count). The van der Waals surface area contributed by atoms with Gasteiger partial charge in [0.25, 0.3) is 23.4 Å². The number of imide groups is 1. The summed E-state index contributed by atoms with van der Waals surface area (Å²) in [6, 6.07) is 11.6. The SMILES string of the molecule is CC1=CC[C@H]2C(=O)N(N(CC(=O)c3ccc(C)cc3)C(=O)c3ccc([N+](=O)[O-])cc3)C(=O)[C@@H]2C1. The quantitative estimate of drug-likeness (QED) is 0.214. The average Bonchev–Trinajstić information content (AvgIpc) is 3.06. The molecule has 174 valence electrons. The number of fused-ring (bicyclic) bond motifs is 1. The lowest BCUT2D eigenvalue weighted by molar-refractivity contribution is -0.384. The molecule has 0 spiro atoms. The van der Waals surface area contributed by atoms with Crippen LogP contribution < -0.4 is 0 Å². The number of ketones is 1. The Morgan fingerprint density at radius 3 is 2.18 bits per heavy atom. The molecule has 9 heteroatoms. The Bertz CT molecular complexity index is 1220. The van der Waals surface area contributed by atoms with Crippen LogP contribution in [0.2, 0.25) is 0 Å². The maximum absolute atomic E-state index is 13.4. The first-order valence-corrected chi connectivity index (χ1v) is 10.9. The number of amides is 3. The molecule has 0 saturated carbocycles. The van der Waals surface area contributed by atoms with Crippen molar-refractivity contribution >= 4 is 29.2 Å². The molecular weight excluding hydrogens is 438 g/mol. The molecule has 2 atom stereocenters. The smallest absolute Gasteiger partial charge is 0.273 e. The van der Waals surface area contributed by atoms with Gasteiger partial charge in [-0.1, -0.05) is 41.5 Å². The lowest BCUT2D eigenvalue weighted by atomic mass is 9.82. The second-order valence-corrected chi connectivity index (χ2v) is 8.65. The summed E-state index contributed by atoms with van der Waals surface area (Å²) in [7, 11) is 0. The van der Waals surface area contributed by atoms with Crippen LogP contribution in [0.3, 0.4) is 0 Å². The van der Waals surface area contributed by atoms with E-state index in [1.807, 2.05) is 19.9 Å². The number of hydrogen-bond donors (Lipinski definition) is 0. The largest absolute Gasteiger partial charge is 0.292 e. The van der Waals surface area contributed by atoms with E-state index in [-0.39, 0.29) is 11.3 Å². The molecule has 1 fully saturated rings. The number of allylic oxidation sites excluding steroid dienone is 2. The zero-order valence-electron chi connectivity index (χ0n) is 18.8. The molecule has 3 amide bonds. The van der Waals surface area contributed by atoms with E-state index in [9.17, 15) is 29.3 Å². The van der Waals surface area contributed by atoms with E-state index in [2.05, 4.69) is 0 Å². The van der Waals surface area contributed by atoms with E-state index in [4.69, 9.17) is 0 Å². The Balaban J connectivity index is 1.69. The fourth-order valence-corrected chi connectivity index (χ4v) is 4.33. The van der Waals surface area contributed by atoms with Gasteiger partial charge in [0, 0.05) is 23.3 Å². The lowest BCUT2D eigenvalue weighted by Crippen LogP contribution is -2.52. The summed E-state index contributed by atoms with van der Waals surface area (Å²) in [5.74, 6) is -3.42. The van der Waals surface area contributed by atoms with Crippen LogP contribution in [0.25, 0.3) is 0 Å². The van der Waals surface area contributed by atoms with Crippen molar-refractivity contribution in [3.8, 4) is 0 Å². The van der Waals surface area contributed by atoms with E-state index in [1.165, 1.54) is 12.1 Å². The van der Waals surface area contributed by atoms with Gasteiger partial charge in [0.1, 0.15) is 6.54 Å². The summed E-state index contributed by atoms with van der Waals surface area (Å²) < 4.78 is 0. The number of rotatable bonds is 6. The van der Waals surface area contributed by atoms with Crippen LogP contribution in [-0.4, -0.2) is 45.0 Å². The zero-order valence-corrected chi connectivity index (χ0v) is 18.8. The number of hydrazine groups is 1. The van der Waals surface area contributed by atoms with Crippen molar-refractivity contribution in [2.75, 3.05) is 6.54 Å². The predicted molar refractivity (Wildman–Crippen MR) is 121 cm³/mol. The summed E-state index contributed by atoms with van der Waals surface area (Å²) in [6.07, 6.45) is 2.72. The Kier molecular flexibility index (Phi) is 6.10. The third-order valence-electron chi connectivity index (χ3n) is 6.27. The number of benzene rings is 2. The molecule has 1 heterocycles. The van der Waals surface area contributed by atoms with Crippen molar-refractivity contribution in [1.82, 2.24) is 10.0 Å². The Hall–Kier alpha value is -4.14. The van der Waals surface area contributed by atoms with Gasteiger partial charge in [0.15, 0.2) is 5.78 Å². The van der Waals surface area contributed by atoms with Crippen molar-refractivity contribution in [2.45, 2.75) is 26.7 Å². The van der Waals surface area contributed by atoms with Crippen LogP contribution in [0.4, 0.5) is 5.69 Å². The van der Waals surface area contributed by atoms with Crippen molar-refractivity contribution in [2.24, 2.45) is 11.8 Å². The van der Waals surface area contributed by atoms with Crippen molar-refractivity contribution in [1.29, 1.82) is 0 Å². The molecule has 34 heavy (non-hydrogen) atoms. The van der Waals surface area contributed by atoms with Crippen LogP contribution in [0.1, 0.15) is 46.0 Å². The van der Waals surface area contributed by atoms with Crippen LogP contribution in [0.5, 0.6) is 0 Å². The number of aryl methyl sites for hydroxylation is 1. The van der Waals surface area contributed by atoms with Gasteiger partial charge < -0.3 is 0 Å². The molecule has 0 N–H and O–H groups in total. The fourth-order valence-electron chi connectivity index (χ4n) is 4.33. The topological polar surface area (TPSA) is 118 Å². The molecule has 1 aliphatic carbocycles. The number of Topliss-reactive ketones (excluding diaryl/α,β-unsaturated/α-hetero) is 1. The summed E-state index contributed by atoms with van der Waals surface area (Å²) in [6.45, 7) is 3.23. The molecule has 0 unspecified atom stereocenters. The highest BCUT2D eigenvalue weighted by Crippen LogP contribution is 2.38. The van der Waals surface area contributed by atoms with Gasteiger partial charge >= 0.3 is 0 Å². The first kappa shape index (κ1) is 23.0. The van der Waals surface area contributed by atoms with Crippen LogP contribution in [-0.2, 0) is 9.59 Å². The Morgan fingerprint density at radius 2 is 1.56 bits per heavy atom. The highest BCUT2D eigenvalue weighted by molar-refractivity contribution is 6.09. The highest BCUT2D eigenvalue weighted by Gasteiger charge is 2.51. The van der Waals surface area contributed by atoms with Gasteiger partial charge in [-0.15, -0.1) is 0 Å². The third-order valence-corrected chi connectivity index (χ3v) is 6.27. The molecule has 2 aromatic carbocycles. The maximum Gasteiger partial charge on any atom is 0.273 e. The molecule has 0 bridgehead atoms. The van der Waals surface area contributed by atoms with Crippen LogP contribution >= 0.6 is 0 Å². The minimum atomic E-state index is -0.764. The zero-order chi connectivity index (χ0) is 24.6. The van der Waals surface area contributed by atoms with Gasteiger partial charge in [-0.25, -0.2) is 5.01 Å². The van der Waals surface area contributed by atoms with E-state index in [0.29, 0.717) is 18.4 Å². The molecule has 1 saturated heterocycles. The number of carbonyl (C=O) groups excluding carboxylic acids is 4. The summed E-state index contributed by atoms with van der Waals surface area (Å²) in [5, 5.41) is 12.7. The molecular formula is C25H23N3O6. The van der Waals surface area contributed by atoms with Crippen molar-refractivity contribution in [3.63, 3.8) is 0 Å². The number of nitro groups is 1. The fraction of sp³-hybridized carbons (Fsp3) is 0.280. The molecule has 0 radical (unpaired) electrons. The monoisotopic (exact) mass is 461 g/mol. The van der Waals surface area contributed by atoms with Gasteiger partial charge in [0.2, 0.25) is 0 Å². The first-order chi connectivity index (χ1) is 16.2. The van der Waals surface area contributed by atoms with Crippen molar-refractivity contribution in [3.05, 3.63) is 87.0 Å². The summed E-state index contributed by atoms with van der Waals surface area (Å²) in [4.78, 5) is 63.3. The summed E-state index contributed by atoms with van der Waals surface area (Å²) in [5.41, 5.74) is 2.09. The number of carbonyl (C=O) groups is 4. The van der Waals surface area contributed by atoms with E-state index < -0.39 is 46.8 Å². The number of nitro benzene ring substituents is 1. The Morgan fingerprint density at radius 1 is 0.971 bits per heavy atom. The van der Waals surface area contributed by atoms with E-state index >= 15 is 0 Å². The Labute approximate surface area is 195 Å². The number of non-ortho nitro benzene ring substituents is 1. The molecule has 2 aromatic rings. The highest BCUT2D eigenvalue weighted by atomic mass is 16.6. The van der Waals surface area contributed by atoms with Gasteiger partial charge in [-0.2, -0.15) is 5.01 Å². The third kappa shape index (κ3) is 4.24. The minimum absolute atomic E-state index is 0.0204. The minimum Gasteiger partial charge on any atom is -0.292 e. The predicted octanol–water partition coefficient (Wildman–Crippen LogP) is 3.48. The molecule has 0 aromatic heterocycles. The molecule has 2 aliphatic rings. The normalized spacial score (nSPS) is 19.5. The van der Waals surface area contributed by atoms with Gasteiger partial charge in [-0.05, 0) is 38.8 Å². The average molecular weight is 461 g/mol. The molecule has 1 aliphatic heterocycles. The number of nitrogens with zero attached hydrogens (tertiary/aromatic N) is 3. The maximum atomic E-state index is 13.4. The van der Waals surface area contributed by atoms with Crippen LogP contribution in [0, 0.1) is 28.9 Å². The first-order valence-electron chi connectivity index (χ1n) is 10.9. The second-order valence-electron chi connectivity index (χ2n) is 8.65. The van der Waals surface area contributed by atoms with E-state index in [0.717, 1.165) is 33.3 Å². The molecule has 9 nitrogen and oxygen atoms in total. The van der Waals surface area contributed by atoms with Gasteiger partial charge in [-0.3, -0.25) is 29.3 Å². The number of hydrogen-bond acceptors (Lipinski definition) is 6. The second kappa shape index (κ2) is 9.01. The lowest BCUT2D eigenvalue weighted by Gasteiger charge is -2.30. The van der Waals surface area contributed by atoms with Crippen molar-refractivity contribution < 1.29 is 24.1 Å². The van der Waals surface area contributed by atoms with Gasteiger partial charge in [0.05, 0.1) is 16.8 Å². The standard InChI is InChI=1S/C25H23N3O6/c1-15-3-6-17(7-4-15)22(29)14-26(23(30)18-8-10-19(11-9-18)28(33)34)27-24(31)20-12-5-16(2)13-21(20)25(27)32/h3-11,20-21H,12-14H2,1-2H3/t20-,21-/m1/s1. The summed E-state index contributed by atoms with van der Waals surface area (Å²) >= 11 is 0.